The van der Waals surface area contributed by atoms with E-state index in [9.17, 15) is 14.0 Å². The third-order valence-corrected chi connectivity index (χ3v) is 4.60. The second-order valence-electron chi connectivity index (χ2n) is 6.50. The largest absolute Gasteiger partial charge is 0.481 e. The topological polar surface area (TPSA) is 79.5 Å². The number of carbonyl (C=O) groups excluding carboxylic acids is 1. The van der Waals surface area contributed by atoms with E-state index in [0.29, 0.717) is 36.3 Å². The Hall–Kier alpha value is -2.63. The number of halogens is 1. The molecule has 2 aromatic rings. The molecule has 25 heavy (non-hydrogen) atoms. The molecule has 0 spiro atoms. The van der Waals surface area contributed by atoms with Crippen LogP contribution < -0.4 is 5.32 Å². The molecule has 0 saturated heterocycles. The van der Waals surface area contributed by atoms with E-state index in [1.165, 1.54) is 6.07 Å². The van der Waals surface area contributed by atoms with Gasteiger partial charge in [0, 0.05) is 12.8 Å². The molecule has 0 aliphatic heterocycles. The van der Waals surface area contributed by atoms with Crippen LogP contribution in [0.1, 0.15) is 37.9 Å². The number of furan rings is 1. The minimum atomic E-state index is -0.902. The van der Waals surface area contributed by atoms with Crippen LogP contribution in [0.2, 0.25) is 0 Å². The Morgan fingerprint density at radius 3 is 2.60 bits per heavy atom. The minimum absolute atomic E-state index is 0.0447. The first kappa shape index (κ1) is 17.2. The first-order valence-electron chi connectivity index (χ1n) is 8.34. The van der Waals surface area contributed by atoms with E-state index in [4.69, 9.17) is 9.52 Å². The summed E-state index contributed by atoms with van der Waals surface area (Å²) in [5.41, 5.74) is -0.210. The number of hydrogen-bond donors (Lipinski definition) is 2. The third-order valence-electron chi connectivity index (χ3n) is 4.60. The second-order valence-corrected chi connectivity index (χ2v) is 6.50. The van der Waals surface area contributed by atoms with Crippen molar-refractivity contribution in [2.45, 2.75) is 44.1 Å². The van der Waals surface area contributed by atoms with Gasteiger partial charge >= 0.3 is 5.97 Å². The molecular formula is C19H20FNO4. The van der Waals surface area contributed by atoms with Crippen molar-refractivity contribution in [3.8, 4) is 11.3 Å². The van der Waals surface area contributed by atoms with E-state index in [1.54, 1.807) is 30.3 Å². The Labute approximate surface area is 144 Å². The van der Waals surface area contributed by atoms with Crippen molar-refractivity contribution in [1.29, 1.82) is 0 Å². The molecule has 0 bridgehead atoms. The van der Waals surface area contributed by atoms with E-state index >= 15 is 0 Å². The number of benzene rings is 1. The highest BCUT2D eigenvalue weighted by molar-refractivity contribution is 5.78. The van der Waals surface area contributed by atoms with Crippen LogP contribution in [0.25, 0.3) is 11.3 Å². The molecule has 1 amide bonds. The summed E-state index contributed by atoms with van der Waals surface area (Å²) in [6.07, 6.45) is 2.86. The van der Waals surface area contributed by atoms with Crippen LogP contribution in [-0.4, -0.2) is 22.5 Å². The maximum Gasteiger partial charge on any atom is 0.305 e. The van der Waals surface area contributed by atoms with Gasteiger partial charge in [-0.2, -0.15) is 0 Å². The summed E-state index contributed by atoms with van der Waals surface area (Å²) < 4.78 is 19.4. The van der Waals surface area contributed by atoms with Gasteiger partial charge in [0.1, 0.15) is 17.3 Å². The van der Waals surface area contributed by atoms with E-state index in [1.807, 2.05) is 0 Å². The zero-order valence-corrected chi connectivity index (χ0v) is 13.8. The number of carboxylic acids is 1. The smallest absolute Gasteiger partial charge is 0.305 e. The van der Waals surface area contributed by atoms with Gasteiger partial charge in [0.05, 0.1) is 17.5 Å². The fourth-order valence-corrected chi connectivity index (χ4v) is 3.15. The number of carboxylic acid groups (broad SMARTS) is 1. The number of rotatable bonds is 7. The summed E-state index contributed by atoms with van der Waals surface area (Å²) in [5.74, 6) is -0.434. The highest BCUT2D eigenvalue weighted by Crippen LogP contribution is 2.35. The summed E-state index contributed by atoms with van der Waals surface area (Å²) in [6, 6.07) is 9.76. The molecule has 0 atom stereocenters. The Kier molecular flexibility index (Phi) is 4.88. The lowest BCUT2D eigenvalue weighted by molar-refractivity contribution is -0.140. The number of aliphatic carboxylic acids is 1. The normalized spacial score (nSPS) is 15.4. The number of carbonyl (C=O) groups is 2. The van der Waals surface area contributed by atoms with Gasteiger partial charge in [-0.15, -0.1) is 0 Å². The van der Waals surface area contributed by atoms with E-state index in [-0.39, 0.29) is 24.6 Å². The number of hydrogen-bond acceptors (Lipinski definition) is 3. The molecule has 6 heteroatoms. The quantitative estimate of drug-likeness (QED) is 0.804. The molecule has 0 radical (unpaired) electrons. The second kappa shape index (κ2) is 7.09. The van der Waals surface area contributed by atoms with Crippen molar-refractivity contribution < 1.29 is 23.5 Å². The van der Waals surface area contributed by atoms with Crippen LogP contribution in [0.3, 0.4) is 0 Å². The molecule has 1 aromatic heterocycles. The fraction of sp³-hybridized carbons (Fsp3) is 0.368. The Balaban J connectivity index is 1.56. The van der Waals surface area contributed by atoms with Crippen molar-refractivity contribution >= 4 is 11.9 Å². The molecule has 1 saturated carbocycles. The summed E-state index contributed by atoms with van der Waals surface area (Å²) >= 11 is 0. The number of aryl methyl sites for hydroxylation is 1. The molecular weight excluding hydrogens is 325 g/mol. The van der Waals surface area contributed by atoms with Gasteiger partial charge in [0.15, 0.2) is 0 Å². The van der Waals surface area contributed by atoms with Crippen LogP contribution in [0.5, 0.6) is 0 Å². The van der Waals surface area contributed by atoms with Gasteiger partial charge < -0.3 is 14.8 Å². The maximum atomic E-state index is 13.8. The molecule has 132 valence electrons. The van der Waals surface area contributed by atoms with Gasteiger partial charge in [0.2, 0.25) is 5.91 Å². The highest BCUT2D eigenvalue weighted by atomic mass is 19.1. The van der Waals surface area contributed by atoms with Crippen molar-refractivity contribution in [2.24, 2.45) is 0 Å². The average molecular weight is 345 g/mol. The lowest BCUT2D eigenvalue weighted by Crippen LogP contribution is -2.54. The molecule has 1 aliphatic carbocycles. The SMILES string of the molecule is O=C(O)CC1(NC(=O)CCc2ccc(-c3ccccc3F)o2)CCC1. The van der Waals surface area contributed by atoms with Crippen molar-refractivity contribution in [1.82, 2.24) is 5.32 Å². The van der Waals surface area contributed by atoms with Crippen LogP contribution >= 0.6 is 0 Å². The average Bonchev–Trinajstić information content (AvgIpc) is 2.99. The molecule has 1 aromatic carbocycles. The Morgan fingerprint density at radius 2 is 1.96 bits per heavy atom. The standard InChI is InChI=1S/C19H20FNO4/c20-15-5-2-1-4-14(15)16-8-6-13(25-16)7-9-17(22)21-19(10-3-11-19)12-18(23)24/h1-2,4-6,8H,3,7,9-12H2,(H,21,22)(H,23,24). The van der Waals surface area contributed by atoms with Gasteiger partial charge in [-0.3, -0.25) is 9.59 Å². The molecule has 1 fully saturated rings. The van der Waals surface area contributed by atoms with Crippen LogP contribution in [-0.2, 0) is 16.0 Å². The summed E-state index contributed by atoms with van der Waals surface area (Å²) in [7, 11) is 0. The van der Waals surface area contributed by atoms with Crippen molar-refractivity contribution in [2.75, 3.05) is 0 Å². The number of nitrogens with one attached hydrogen (secondary N) is 1. The van der Waals surface area contributed by atoms with Gasteiger partial charge in [-0.1, -0.05) is 12.1 Å². The highest BCUT2D eigenvalue weighted by Gasteiger charge is 2.40. The first-order valence-corrected chi connectivity index (χ1v) is 8.34. The van der Waals surface area contributed by atoms with Crippen molar-refractivity contribution in [3.63, 3.8) is 0 Å². The third kappa shape index (κ3) is 4.07. The molecule has 2 N–H and O–H groups in total. The van der Waals surface area contributed by atoms with E-state index < -0.39 is 11.5 Å². The molecule has 5 nitrogen and oxygen atoms in total. The number of amides is 1. The van der Waals surface area contributed by atoms with E-state index in [2.05, 4.69) is 5.32 Å². The zero-order chi connectivity index (χ0) is 17.9. The van der Waals surface area contributed by atoms with Crippen molar-refractivity contribution in [3.05, 3.63) is 48.0 Å². The molecule has 1 heterocycles. The first-order chi connectivity index (χ1) is 12.0. The summed E-state index contributed by atoms with van der Waals surface area (Å²) in [5, 5.41) is 11.8. The molecule has 0 unspecified atom stereocenters. The van der Waals surface area contributed by atoms with Crippen LogP contribution in [0.4, 0.5) is 4.39 Å². The van der Waals surface area contributed by atoms with E-state index in [0.717, 1.165) is 6.42 Å². The monoisotopic (exact) mass is 345 g/mol. The Morgan fingerprint density at radius 1 is 1.20 bits per heavy atom. The maximum absolute atomic E-state index is 13.8. The van der Waals surface area contributed by atoms with Crippen LogP contribution in [0.15, 0.2) is 40.8 Å². The molecule has 1 aliphatic rings. The van der Waals surface area contributed by atoms with Gasteiger partial charge in [-0.25, -0.2) is 4.39 Å². The lowest BCUT2D eigenvalue weighted by Gasteiger charge is -2.41. The predicted octanol–water partition coefficient (Wildman–Crippen LogP) is 3.53. The fourth-order valence-electron chi connectivity index (χ4n) is 3.15. The Bertz CT molecular complexity index is 779. The van der Waals surface area contributed by atoms with Gasteiger partial charge in [0.25, 0.3) is 0 Å². The zero-order valence-electron chi connectivity index (χ0n) is 13.8. The van der Waals surface area contributed by atoms with Crippen LogP contribution in [0, 0.1) is 5.82 Å². The summed E-state index contributed by atoms with van der Waals surface area (Å²) in [6.45, 7) is 0. The van der Waals surface area contributed by atoms with Gasteiger partial charge in [-0.05, 0) is 43.5 Å². The lowest BCUT2D eigenvalue weighted by atomic mass is 9.74. The molecule has 3 rings (SSSR count). The predicted molar refractivity (Wildman–Crippen MR) is 89.4 cm³/mol. The minimum Gasteiger partial charge on any atom is -0.481 e. The summed E-state index contributed by atoms with van der Waals surface area (Å²) in [4.78, 5) is 23.1.